The minimum Gasteiger partial charge on any atom is -0.310 e. The molecule has 2 aliphatic carbocycles. The van der Waals surface area contributed by atoms with E-state index in [-0.39, 0.29) is 5.92 Å². The summed E-state index contributed by atoms with van der Waals surface area (Å²) in [6.07, 6.45) is 12.4. The Morgan fingerprint density at radius 2 is 1.19 bits per heavy atom. The Morgan fingerprint density at radius 3 is 2.00 bits per heavy atom. The van der Waals surface area contributed by atoms with E-state index in [0.29, 0.717) is 0 Å². The van der Waals surface area contributed by atoms with Crippen LogP contribution in [0.15, 0.2) is 200 Å². The standard InChI is InChI=1S/C56H42N2/c1-2-13-42(14-3-1)50-20-10-16-44-17-11-21-51(56(44)50)43-29-35-47(36-30-43)57(49-37-28-39-12-4-5-15-45(39)38-49)46-31-24-40(25-32-46)41-26-33-48(34-27-41)58-54-22-8-6-18-52(54)53-19-7-9-23-55(53)58/h1-6,8-18,20,22-38,51H,7,19,21H2. The quantitative estimate of drug-likeness (QED) is 0.158. The van der Waals surface area contributed by atoms with Crippen LogP contribution >= 0.6 is 0 Å². The van der Waals surface area contributed by atoms with Gasteiger partial charge in [0.05, 0.1) is 5.52 Å². The number of rotatable bonds is 7. The molecule has 1 heterocycles. The van der Waals surface area contributed by atoms with E-state index in [1.54, 1.807) is 0 Å². The molecular weight excluding hydrogens is 701 g/mol. The first-order valence-electron chi connectivity index (χ1n) is 20.5. The summed E-state index contributed by atoms with van der Waals surface area (Å²) in [5, 5.41) is 3.83. The molecular formula is C56H42N2. The number of allylic oxidation sites excluding steroid dienone is 2. The van der Waals surface area contributed by atoms with Gasteiger partial charge >= 0.3 is 0 Å². The van der Waals surface area contributed by atoms with E-state index in [1.807, 2.05) is 0 Å². The molecule has 0 saturated carbocycles. The molecule has 9 aromatic rings. The molecule has 8 aromatic carbocycles. The van der Waals surface area contributed by atoms with Crippen LogP contribution in [0.25, 0.3) is 61.8 Å². The van der Waals surface area contributed by atoms with Crippen molar-refractivity contribution in [2.24, 2.45) is 0 Å². The fraction of sp³-hybridized carbons (Fsp3) is 0.0714. The molecule has 2 heteroatoms. The van der Waals surface area contributed by atoms with Crippen molar-refractivity contribution in [3.8, 4) is 27.9 Å². The Balaban J connectivity index is 0.939. The summed E-state index contributed by atoms with van der Waals surface area (Å²) in [7, 11) is 0. The number of aryl methyl sites for hydroxylation is 1. The van der Waals surface area contributed by atoms with Crippen molar-refractivity contribution in [2.45, 2.75) is 25.2 Å². The molecule has 1 aromatic heterocycles. The summed E-state index contributed by atoms with van der Waals surface area (Å²) in [5.74, 6) is 0.281. The largest absolute Gasteiger partial charge is 0.310 e. The number of anilines is 3. The van der Waals surface area contributed by atoms with Gasteiger partial charge in [-0.3, -0.25) is 0 Å². The van der Waals surface area contributed by atoms with Crippen LogP contribution in [0, 0.1) is 0 Å². The monoisotopic (exact) mass is 742 g/mol. The zero-order valence-corrected chi connectivity index (χ0v) is 32.3. The Kier molecular flexibility index (Phi) is 8.47. The van der Waals surface area contributed by atoms with Gasteiger partial charge in [-0.1, -0.05) is 152 Å². The molecule has 0 aliphatic heterocycles. The lowest BCUT2D eigenvalue weighted by Crippen LogP contribution is -2.11. The molecule has 1 unspecified atom stereocenters. The van der Waals surface area contributed by atoms with Crippen LogP contribution in [-0.4, -0.2) is 4.57 Å². The Hall–Kier alpha value is -7.16. The smallest absolute Gasteiger partial charge is 0.0537 e. The number of benzene rings is 8. The molecule has 0 saturated heterocycles. The van der Waals surface area contributed by atoms with Crippen molar-refractivity contribution in [1.29, 1.82) is 0 Å². The summed E-state index contributed by atoms with van der Waals surface area (Å²) in [4.78, 5) is 2.39. The molecule has 58 heavy (non-hydrogen) atoms. The van der Waals surface area contributed by atoms with Gasteiger partial charge in [0.25, 0.3) is 0 Å². The maximum absolute atomic E-state index is 2.42. The van der Waals surface area contributed by atoms with Crippen molar-refractivity contribution in [3.05, 3.63) is 228 Å². The first kappa shape index (κ1) is 34.1. The van der Waals surface area contributed by atoms with Gasteiger partial charge in [-0.05, 0) is 135 Å². The summed E-state index contributed by atoms with van der Waals surface area (Å²) >= 11 is 0. The van der Waals surface area contributed by atoms with Crippen LogP contribution in [-0.2, 0) is 6.42 Å². The van der Waals surface area contributed by atoms with Gasteiger partial charge < -0.3 is 9.47 Å². The molecule has 1 atom stereocenters. The lowest BCUT2D eigenvalue weighted by molar-refractivity contribution is 0.821. The highest BCUT2D eigenvalue weighted by atomic mass is 15.1. The molecule has 276 valence electrons. The van der Waals surface area contributed by atoms with Crippen LogP contribution in [0.2, 0.25) is 0 Å². The van der Waals surface area contributed by atoms with E-state index in [4.69, 9.17) is 0 Å². The Labute approximate surface area is 340 Å². The van der Waals surface area contributed by atoms with Gasteiger partial charge in [-0.25, -0.2) is 0 Å². The van der Waals surface area contributed by atoms with Crippen LogP contribution in [0.5, 0.6) is 0 Å². The van der Waals surface area contributed by atoms with Crippen molar-refractivity contribution in [3.63, 3.8) is 0 Å². The summed E-state index contributed by atoms with van der Waals surface area (Å²) < 4.78 is 2.42. The molecule has 2 aliphatic rings. The fourth-order valence-electron chi connectivity index (χ4n) is 9.43. The van der Waals surface area contributed by atoms with Gasteiger partial charge in [0.1, 0.15) is 0 Å². The number of hydrogen-bond acceptors (Lipinski definition) is 1. The van der Waals surface area contributed by atoms with Crippen LogP contribution in [0.3, 0.4) is 0 Å². The average Bonchev–Trinajstić information content (AvgIpc) is 3.64. The lowest BCUT2D eigenvalue weighted by atomic mass is 9.78. The van der Waals surface area contributed by atoms with Crippen LogP contribution in [0.4, 0.5) is 17.1 Å². The fourth-order valence-corrected chi connectivity index (χ4v) is 9.43. The maximum atomic E-state index is 2.42. The number of fused-ring (bicyclic) bond motifs is 5. The van der Waals surface area contributed by atoms with Gasteiger partial charge in [-0.2, -0.15) is 0 Å². The third-order valence-corrected chi connectivity index (χ3v) is 12.2. The normalized spacial score (nSPS) is 14.4. The molecule has 11 rings (SSSR count). The highest BCUT2D eigenvalue weighted by Crippen LogP contribution is 2.43. The van der Waals surface area contributed by atoms with Crippen molar-refractivity contribution >= 4 is 50.9 Å². The SMILES string of the molecule is C1=Cc2c(c3ccccc3n2-c2ccc(-c3ccc(N(c4ccc(C5CC=Cc6cccc(-c7ccccc7)c65)cc4)c4ccc5ccccc5c4)cc3)cc2)CC1. The molecule has 0 amide bonds. The second-order valence-electron chi connectivity index (χ2n) is 15.6. The van der Waals surface area contributed by atoms with E-state index >= 15 is 0 Å². The minimum atomic E-state index is 0.281. The van der Waals surface area contributed by atoms with E-state index in [9.17, 15) is 0 Å². The van der Waals surface area contributed by atoms with Crippen LogP contribution in [0.1, 0.15) is 46.7 Å². The predicted octanol–water partition coefficient (Wildman–Crippen LogP) is 15.1. The topological polar surface area (TPSA) is 8.17 Å². The maximum Gasteiger partial charge on any atom is 0.0537 e. The van der Waals surface area contributed by atoms with E-state index in [0.717, 1.165) is 36.3 Å². The molecule has 0 N–H and O–H groups in total. The zero-order valence-electron chi connectivity index (χ0n) is 32.3. The van der Waals surface area contributed by atoms with Crippen molar-refractivity contribution in [2.75, 3.05) is 4.90 Å². The van der Waals surface area contributed by atoms with E-state index in [2.05, 4.69) is 222 Å². The summed E-state index contributed by atoms with van der Waals surface area (Å²) in [6.45, 7) is 0. The second-order valence-corrected chi connectivity index (χ2v) is 15.6. The Morgan fingerprint density at radius 1 is 0.500 bits per heavy atom. The third kappa shape index (κ3) is 5.97. The summed E-state index contributed by atoms with van der Waals surface area (Å²) in [5.41, 5.74) is 17.7. The highest BCUT2D eigenvalue weighted by molar-refractivity contribution is 5.92. The lowest BCUT2D eigenvalue weighted by Gasteiger charge is -2.28. The number of aromatic nitrogens is 1. The average molecular weight is 743 g/mol. The first-order chi connectivity index (χ1) is 28.8. The van der Waals surface area contributed by atoms with E-state index in [1.165, 1.54) is 77.6 Å². The number of hydrogen-bond donors (Lipinski definition) is 0. The second kappa shape index (κ2) is 14.4. The van der Waals surface area contributed by atoms with Gasteiger partial charge in [0, 0.05) is 39.7 Å². The molecule has 0 fully saturated rings. The Bertz CT molecular complexity index is 3000. The molecule has 0 bridgehead atoms. The van der Waals surface area contributed by atoms with Gasteiger partial charge in [0.15, 0.2) is 0 Å². The minimum absolute atomic E-state index is 0.281. The number of para-hydroxylation sites is 1. The molecule has 0 radical (unpaired) electrons. The third-order valence-electron chi connectivity index (χ3n) is 12.2. The summed E-state index contributed by atoms with van der Waals surface area (Å²) in [6, 6.07) is 69.2. The van der Waals surface area contributed by atoms with Crippen molar-refractivity contribution in [1.82, 2.24) is 4.57 Å². The predicted molar refractivity (Wildman–Crippen MR) is 246 cm³/mol. The van der Waals surface area contributed by atoms with Crippen LogP contribution < -0.4 is 4.90 Å². The zero-order chi connectivity index (χ0) is 38.4. The van der Waals surface area contributed by atoms with E-state index < -0.39 is 0 Å². The number of nitrogens with zero attached hydrogens (tertiary/aromatic N) is 2. The molecule has 2 nitrogen and oxygen atoms in total. The van der Waals surface area contributed by atoms with Crippen molar-refractivity contribution < 1.29 is 0 Å². The van der Waals surface area contributed by atoms with Gasteiger partial charge in [0.2, 0.25) is 0 Å². The highest BCUT2D eigenvalue weighted by Gasteiger charge is 2.24. The van der Waals surface area contributed by atoms with Gasteiger partial charge in [-0.15, -0.1) is 0 Å². The first-order valence-corrected chi connectivity index (χ1v) is 20.5. The molecule has 0 spiro atoms.